The second-order valence-electron chi connectivity index (χ2n) is 7.35. The minimum absolute atomic E-state index is 0.00722. The number of carbonyl (C=O) groups excluding carboxylic acids is 2. The molecule has 0 fully saturated rings. The van der Waals surface area contributed by atoms with Crippen molar-refractivity contribution in [2.45, 2.75) is 19.6 Å². The predicted molar refractivity (Wildman–Crippen MR) is 123 cm³/mol. The quantitative estimate of drug-likeness (QED) is 0.209. The zero-order valence-corrected chi connectivity index (χ0v) is 17.6. The van der Waals surface area contributed by atoms with Crippen molar-refractivity contribution in [2.24, 2.45) is 0 Å². The van der Waals surface area contributed by atoms with E-state index in [1.165, 1.54) is 25.1 Å². The molecule has 1 aromatic heterocycles. The van der Waals surface area contributed by atoms with Gasteiger partial charge < -0.3 is 14.6 Å². The Bertz CT molecular complexity index is 1400. The molecule has 0 bridgehead atoms. The summed E-state index contributed by atoms with van der Waals surface area (Å²) in [6.45, 7) is 1.15. The number of pyridine rings is 1. The van der Waals surface area contributed by atoms with Gasteiger partial charge in [0, 0.05) is 16.8 Å². The van der Waals surface area contributed by atoms with E-state index in [4.69, 9.17) is 4.74 Å². The third-order valence-electron chi connectivity index (χ3n) is 5.20. The highest BCUT2D eigenvalue weighted by atomic mass is 16.6. The van der Waals surface area contributed by atoms with Crippen LogP contribution < -0.4 is 10.7 Å². The number of nitro groups is 1. The number of anilines is 1. The van der Waals surface area contributed by atoms with Gasteiger partial charge in [0.2, 0.25) is 0 Å². The fraction of sp³-hybridized carbons (Fsp3) is 0.125. The molecule has 0 aliphatic heterocycles. The second-order valence-corrected chi connectivity index (χ2v) is 7.35. The molecule has 0 saturated carbocycles. The van der Waals surface area contributed by atoms with E-state index in [1.807, 2.05) is 0 Å². The summed E-state index contributed by atoms with van der Waals surface area (Å²) in [6, 6.07) is 19.6. The molecule has 3 aromatic carbocycles. The molecule has 1 unspecified atom stereocenters. The Morgan fingerprint density at radius 3 is 2.12 bits per heavy atom. The summed E-state index contributed by atoms with van der Waals surface area (Å²) >= 11 is 0. The lowest BCUT2D eigenvalue weighted by molar-refractivity contribution is -0.383. The minimum atomic E-state index is -1.20. The Balaban J connectivity index is 1.57. The van der Waals surface area contributed by atoms with Crippen LogP contribution in [0.4, 0.5) is 11.4 Å². The number of ether oxygens (including phenoxy) is 1. The Kier molecular flexibility index (Phi) is 5.86. The summed E-state index contributed by atoms with van der Waals surface area (Å²) in [4.78, 5) is 48.5. The van der Waals surface area contributed by atoms with E-state index in [0.29, 0.717) is 21.8 Å². The monoisotopic (exact) mass is 445 g/mol. The number of carbonyl (C=O) groups is 2. The lowest BCUT2D eigenvalue weighted by atomic mass is 10.1. The summed E-state index contributed by atoms with van der Waals surface area (Å²) in [6.07, 6.45) is -1.20. The van der Waals surface area contributed by atoms with Gasteiger partial charge in [0.15, 0.2) is 11.5 Å². The van der Waals surface area contributed by atoms with Crippen molar-refractivity contribution in [1.82, 2.24) is 4.57 Å². The van der Waals surface area contributed by atoms with Crippen molar-refractivity contribution in [1.29, 1.82) is 0 Å². The molecular weight excluding hydrogens is 426 g/mol. The first-order chi connectivity index (χ1) is 15.9. The summed E-state index contributed by atoms with van der Waals surface area (Å²) in [7, 11) is 0. The van der Waals surface area contributed by atoms with Crippen LogP contribution in [0, 0.1) is 10.1 Å². The highest BCUT2D eigenvalue weighted by molar-refractivity contribution is 5.97. The molecule has 1 atom stereocenters. The highest BCUT2D eigenvalue weighted by Crippen LogP contribution is 2.23. The van der Waals surface area contributed by atoms with Crippen LogP contribution in [-0.2, 0) is 20.9 Å². The number of benzene rings is 3. The lowest BCUT2D eigenvalue weighted by Gasteiger charge is -2.17. The Morgan fingerprint density at radius 2 is 1.52 bits per heavy atom. The normalized spacial score (nSPS) is 11.8. The van der Waals surface area contributed by atoms with E-state index < -0.39 is 22.9 Å². The molecule has 1 amide bonds. The van der Waals surface area contributed by atoms with E-state index in [9.17, 15) is 24.5 Å². The third-order valence-corrected chi connectivity index (χ3v) is 5.20. The number of nitrogens with one attached hydrogen (secondary N) is 1. The van der Waals surface area contributed by atoms with Gasteiger partial charge in [-0.3, -0.25) is 24.5 Å². The first-order valence-corrected chi connectivity index (χ1v) is 10.1. The van der Waals surface area contributed by atoms with Crippen LogP contribution in [0.1, 0.15) is 6.92 Å². The molecule has 0 aliphatic carbocycles. The van der Waals surface area contributed by atoms with E-state index >= 15 is 0 Å². The summed E-state index contributed by atoms with van der Waals surface area (Å²) < 4.78 is 6.96. The van der Waals surface area contributed by atoms with Gasteiger partial charge in [-0.05, 0) is 37.3 Å². The number of fused-ring (bicyclic) bond motifs is 2. The topological polar surface area (TPSA) is 121 Å². The van der Waals surface area contributed by atoms with E-state index in [-0.39, 0.29) is 23.3 Å². The number of esters is 1. The fourth-order valence-electron chi connectivity index (χ4n) is 3.64. The number of rotatable bonds is 6. The summed E-state index contributed by atoms with van der Waals surface area (Å²) in [5.74, 6) is -1.40. The maximum absolute atomic E-state index is 12.8. The van der Waals surface area contributed by atoms with Gasteiger partial charge in [-0.15, -0.1) is 0 Å². The maximum Gasteiger partial charge on any atom is 0.326 e. The molecule has 4 aromatic rings. The molecule has 0 radical (unpaired) electrons. The second kappa shape index (κ2) is 8.91. The number of para-hydroxylation sites is 4. The van der Waals surface area contributed by atoms with Crippen molar-refractivity contribution in [3.63, 3.8) is 0 Å². The molecule has 0 aliphatic rings. The minimum Gasteiger partial charge on any atom is -0.451 e. The van der Waals surface area contributed by atoms with Gasteiger partial charge in [0.1, 0.15) is 12.2 Å². The Labute approximate surface area is 187 Å². The van der Waals surface area contributed by atoms with Gasteiger partial charge in [0.25, 0.3) is 11.6 Å². The van der Waals surface area contributed by atoms with Gasteiger partial charge in [-0.1, -0.05) is 36.4 Å². The van der Waals surface area contributed by atoms with Crippen LogP contribution >= 0.6 is 0 Å². The number of nitrogens with zero attached hydrogens (tertiary/aromatic N) is 2. The summed E-state index contributed by atoms with van der Waals surface area (Å²) in [5.41, 5.74) is 0.733. The third kappa shape index (κ3) is 4.29. The largest absolute Gasteiger partial charge is 0.451 e. The SMILES string of the molecule is CC(OC(=O)Cn1c2ccccc2c(=O)c2ccccc21)C(=O)Nc1ccccc1[N+](=O)[O-]. The average molecular weight is 445 g/mol. The molecular formula is C24H19N3O6. The van der Waals surface area contributed by atoms with E-state index in [1.54, 1.807) is 59.2 Å². The van der Waals surface area contributed by atoms with Crippen LogP contribution in [0.3, 0.4) is 0 Å². The molecule has 1 heterocycles. The lowest BCUT2D eigenvalue weighted by Crippen LogP contribution is -2.31. The molecule has 33 heavy (non-hydrogen) atoms. The molecule has 0 spiro atoms. The first kappa shape index (κ1) is 21.7. The summed E-state index contributed by atoms with van der Waals surface area (Å²) in [5, 5.41) is 14.5. The molecule has 0 saturated heterocycles. The number of aromatic nitrogens is 1. The molecule has 4 rings (SSSR count). The van der Waals surface area contributed by atoms with Crippen molar-refractivity contribution >= 4 is 45.1 Å². The predicted octanol–water partition coefficient (Wildman–Crippen LogP) is 3.63. The smallest absolute Gasteiger partial charge is 0.326 e. The standard InChI is InChI=1S/C24H19N3O6/c1-15(24(30)25-18-10-4-7-13-21(18)27(31)32)33-22(28)14-26-19-11-5-2-8-16(19)23(29)17-9-3-6-12-20(17)26/h2-13,15H,14H2,1H3,(H,25,30). The van der Waals surface area contributed by atoms with Crippen LogP contribution in [0.15, 0.2) is 77.6 Å². The fourth-order valence-corrected chi connectivity index (χ4v) is 3.64. The van der Waals surface area contributed by atoms with Crippen LogP contribution in [0.2, 0.25) is 0 Å². The zero-order chi connectivity index (χ0) is 23.5. The zero-order valence-electron chi connectivity index (χ0n) is 17.6. The van der Waals surface area contributed by atoms with Crippen molar-refractivity contribution < 1.29 is 19.2 Å². The van der Waals surface area contributed by atoms with Gasteiger partial charge in [-0.25, -0.2) is 0 Å². The van der Waals surface area contributed by atoms with Crippen LogP contribution in [-0.4, -0.2) is 27.5 Å². The number of nitro benzene ring substituents is 1. The molecule has 9 nitrogen and oxygen atoms in total. The number of hydrogen-bond acceptors (Lipinski definition) is 6. The van der Waals surface area contributed by atoms with Crippen molar-refractivity contribution in [2.75, 3.05) is 5.32 Å². The highest BCUT2D eigenvalue weighted by Gasteiger charge is 2.22. The van der Waals surface area contributed by atoms with E-state index in [2.05, 4.69) is 5.32 Å². The molecule has 166 valence electrons. The van der Waals surface area contributed by atoms with Crippen LogP contribution in [0.25, 0.3) is 21.8 Å². The molecule has 1 N–H and O–H groups in total. The Morgan fingerprint density at radius 1 is 0.970 bits per heavy atom. The first-order valence-electron chi connectivity index (χ1n) is 10.1. The van der Waals surface area contributed by atoms with Crippen LogP contribution in [0.5, 0.6) is 0 Å². The maximum atomic E-state index is 12.8. The Hall–Kier alpha value is -4.53. The van der Waals surface area contributed by atoms with Crippen molar-refractivity contribution in [3.05, 3.63) is 93.1 Å². The van der Waals surface area contributed by atoms with Crippen molar-refractivity contribution in [3.8, 4) is 0 Å². The average Bonchev–Trinajstić information content (AvgIpc) is 2.82. The number of amides is 1. The van der Waals surface area contributed by atoms with Gasteiger partial charge >= 0.3 is 5.97 Å². The molecule has 9 heteroatoms. The van der Waals surface area contributed by atoms with E-state index in [0.717, 1.165) is 0 Å². The van der Waals surface area contributed by atoms with Gasteiger partial charge in [-0.2, -0.15) is 0 Å². The number of hydrogen-bond donors (Lipinski definition) is 1. The van der Waals surface area contributed by atoms with Gasteiger partial charge in [0.05, 0.1) is 16.0 Å².